The summed E-state index contributed by atoms with van der Waals surface area (Å²) in [5.74, 6) is -0.0598. The van der Waals surface area contributed by atoms with Crippen LogP contribution in [0.5, 0.6) is 0 Å². The maximum absolute atomic E-state index is 13.3. The lowest BCUT2D eigenvalue weighted by atomic mass is 10.2. The van der Waals surface area contributed by atoms with E-state index in [4.69, 9.17) is 0 Å². The number of rotatable bonds is 4. The summed E-state index contributed by atoms with van der Waals surface area (Å²) in [6, 6.07) is 17.0. The van der Waals surface area contributed by atoms with Crippen molar-refractivity contribution < 1.29 is 9.18 Å². The lowest BCUT2D eigenvalue weighted by Crippen LogP contribution is -2.15. The molecule has 4 aromatic rings. The average Bonchev–Trinajstić information content (AvgIpc) is 3.33. The van der Waals surface area contributed by atoms with E-state index in [1.807, 2.05) is 48.8 Å². The van der Waals surface area contributed by atoms with Crippen LogP contribution in [-0.4, -0.2) is 20.3 Å². The van der Waals surface area contributed by atoms with Gasteiger partial charge in [0.1, 0.15) is 11.4 Å². The fraction of sp³-hybridized carbons (Fsp3) is 0. The Labute approximate surface area is 163 Å². The first kappa shape index (κ1) is 17.2. The molecule has 0 atom stereocenters. The van der Waals surface area contributed by atoms with E-state index in [0.717, 1.165) is 4.47 Å². The van der Waals surface area contributed by atoms with Crippen LogP contribution in [0, 0.1) is 5.82 Å². The van der Waals surface area contributed by atoms with Gasteiger partial charge in [-0.2, -0.15) is 5.10 Å². The number of hydrogen-bond acceptors (Lipinski definition) is 2. The van der Waals surface area contributed by atoms with Crippen LogP contribution in [0.15, 0.2) is 83.7 Å². The second-order valence-corrected chi connectivity index (χ2v) is 6.65. The van der Waals surface area contributed by atoms with Gasteiger partial charge in [0, 0.05) is 16.9 Å². The lowest BCUT2D eigenvalue weighted by molar-refractivity contribution is 0.102. The summed E-state index contributed by atoms with van der Waals surface area (Å²) in [6.45, 7) is 0. The SMILES string of the molecule is O=C(Nc1ccccc1Br)c1cnn(-c2ccc(F)cc2)c1-n1cccc1. The molecule has 4 rings (SSSR count). The zero-order valence-electron chi connectivity index (χ0n) is 14.0. The second kappa shape index (κ2) is 7.20. The summed E-state index contributed by atoms with van der Waals surface area (Å²) in [5.41, 5.74) is 1.71. The molecule has 2 aromatic carbocycles. The molecule has 0 radical (unpaired) electrons. The molecule has 27 heavy (non-hydrogen) atoms. The Hall–Kier alpha value is -3.19. The van der Waals surface area contributed by atoms with E-state index in [2.05, 4.69) is 26.3 Å². The molecule has 1 amide bonds. The van der Waals surface area contributed by atoms with Gasteiger partial charge in [0.2, 0.25) is 0 Å². The smallest absolute Gasteiger partial charge is 0.261 e. The zero-order valence-corrected chi connectivity index (χ0v) is 15.6. The van der Waals surface area contributed by atoms with E-state index in [1.54, 1.807) is 21.4 Å². The van der Waals surface area contributed by atoms with E-state index in [1.165, 1.54) is 18.3 Å². The minimum atomic E-state index is -0.333. The van der Waals surface area contributed by atoms with Gasteiger partial charge in [-0.05, 0) is 64.5 Å². The van der Waals surface area contributed by atoms with Crippen LogP contribution in [-0.2, 0) is 0 Å². The van der Waals surface area contributed by atoms with Gasteiger partial charge >= 0.3 is 0 Å². The number of para-hydroxylation sites is 1. The monoisotopic (exact) mass is 424 g/mol. The maximum Gasteiger partial charge on any atom is 0.261 e. The Morgan fingerprint density at radius 2 is 1.70 bits per heavy atom. The second-order valence-electron chi connectivity index (χ2n) is 5.79. The van der Waals surface area contributed by atoms with Crippen molar-refractivity contribution >= 4 is 27.5 Å². The first-order valence-electron chi connectivity index (χ1n) is 8.16. The van der Waals surface area contributed by atoms with Gasteiger partial charge in [-0.1, -0.05) is 12.1 Å². The predicted molar refractivity (Wildman–Crippen MR) is 105 cm³/mol. The number of halogens is 2. The molecule has 0 saturated carbocycles. The Bertz CT molecular complexity index is 1090. The van der Waals surface area contributed by atoms with Crippen molar-refractivity contribution in [3.05, 3.63) is 95.1 Å². The molecule has 0 spiro atoms. The lowest BCUT2D eigenvalue weighted by Gasteiger charge is -2.12. The number of nitrogens with zero attached hydrogens (tertiary/aromatic N) is 3. The number of carbonyl (C=O) groups is 1. The first-order valence-corrected chi connectivity index (χ1v) is 8.96. The van der Waals surface area contributed by atoms with E-state index in [9.17, 15) is 9.18 Å². The summed E-state index contributed by atoms with van der Waals surface area (Å²) in [4.78, 5) is 12.9. The molecule has 0 fully saturated rings. The van der Waals surface area contributed by atoms with E-state index < -0.39 is 0 Å². The molecule has 7 heteroatoms. The fourth-order valence-corrected chi connectivity index (χ4v) is 3.13. The third-order valence-electron chi connectivity index (χ3n) is 4.03. The molecular formula is C20H14BrFN4O. The van der Waals surface area contributed by atoms with Crippen molar-refractivity contribution in [1.29, 1.82) is 0 Å². The highest BCUT2D eigenvalue weighted by Crippen LogP contribution is 2.24. The number of aromatic nitrogens is 3. The van der Waals surface area contributed by atoms with Crippen molar-refractivity contribution in [2.24, 2.45) is 0 Å². The predicted octanol–water partition coefficient (Wildman–Crippen LogP) is 4.82. The van der Waals surface area contributed by atoms with Crippen LogP contribution in [0.2, 0.25) is 0 Å². The number of benzene rings is 2. The Kier molecular flexibility index (Phi) is 4.60. The molecular weight excluding hydrogens is 411 g/mol. The Balaban J connectivity index is 1.78. The van der Waals surface area contributed by atoms with Crippen LogP contribution < -0.4 is 5.32 Å². The van der Waals surface area contributed by atoms with Crippen LogP contribution in [0.3, 0.4) is 0 Å². The minimum absolute atomic E-state index is 0.293. The van der Waals surface area contributed by atoms with E-state index in [0.29, 0.717) is 22.8 Å². The normalized spacial score (nSPS) is 10.7. The minimum Gasteiger partial charge on any atom is -0.321 e. The zero-order chi connectivity index (χ0) is 18.8. The number of anilines is 1. The maximum atomic E-state index is 13.3. The molecule has 0 aliphatic rings. The van der Waals surface area contributed by atoms with Gasteiger partial charge in [-0.3, -0.25) is 4.79 Å². The van der Waals surface area contributed by atoms with Crippen LogP contribution in [0.1, 0.15) is 10.4 Å². The molecule has 5 nitrogen and oxygen atoms in total. The van der Waals surface area contributed by atoms with Crippen LogP contribution >= 0.6 is 15.9 Å². The summed E-state index contributed by atoms with van der Waals surface area (Å²) in [5, 5.41) is 7.25. The van der Waals surface area contributed by atoms with Crippen molar-refractivity contribution in [3.8, 4) is 11.5 Å². The van der Waals surface area contributed by atoms with Gasteiger partial charge in [-0.15, -0.1) is 0 Å². The van der Waals surface area contributed by atoms with E-state index in [-0.39, 0.29) is 11.7 Å². The molecule has 134 valence electrons. The molecule has 2 aromatic heterocycles. The van der Waals surface area contributed by atoms with Crippen molar-refractivity contribution in [1.82, 2.24) is 14.3 Å². The summed E-state index contributed by atoms with van der Waals surface area (Å²) >= 11 is 3.43. The number of amides is 1. The van der Waals surface area contributed by atoms with Gasteiger partial charge in [0.25, 0.3) is 5.91 Å². The van der Waals surface area contributed by atoms with Crippen molar-refractivity contribution in [2.45, 2.75) is 0 Å². The van der Waals surface area contributed by atoms with E-state index >= 15 is 0 Å². The molecule has 0 saturated heterocycles. The van der Waals surface area contributed by atoms with Gasteiger partial charge in [-0.25, -0.2) is 9.07 Å². The average molecular weight is 425 g/mol. The molecule has 0 bridgehead atoms. The summed E-state index contributed by atoms with van der Waals surface area (Å²) in [7, 11) is 0. The molecule has 0 aliphatic heterocycles. The quantitative estimate of drug-likeness (QED) is 0.510. The topological polar surface area (TPSA) is 51.9 Å². The van der Waals surface area contributed by atoms with Crippen LogP contribution in [0.25, 0.3) is 11.5 Å². The molecule has 1 N–H and O–H groups in total. The number of hydrogen-bond donors (Lipinski definition) is 1. The third-order valence-corrected chi connectivity index (χ3v) is 4.72. The van der Waals surface area contributed by atoms with Crippen molar-refractivity contribution in [3.63, 3.8) is 0 Å². The summed E-state index contributed by atoms with van der Waals surface area (Å²) < 4.78 is 17.5. The molecule has 0 aliphatic carbocycles. The third kappa shape index (κ3) is 3.41. The highest BCUT2D eigenvalue weighted by molar-refractivity contribution is 9.10. The molecule has 2 heterocycles. The first-order chi connectivity index (χ1) is 13.1. The van der Waals surface area contributed by atoms with Crippen molar-refractivity contribution in [2.75, 3.05) is 5.32 Å². The summed E-state index contributed by atoms with van der Waals surface area (Å²) in [6.07, 6.45) is 5.16. The highest BCUT2D eigenvalue weighted by atomic mass is 79.9. The highest BCUT2D eigenvalue weighted by Gasteiger charge is 2.20. The standard InChI is InChI=1S/C20H14BrFN4O/c21-17-5-1-2-6-18(17)24-19(27)16-13-23-26(15-9-7-14(22)8-10-15)20(16)25-11-3-4-12-25/h1-13H,(H,24,27). The fourth-order valence-electron chi connectivity index (χ4n) is 2.75. The van der Waals surface area contributed by atoms with Gasteiger partial charge < -0.3 is 9.88 Å². The molecule has 0 unspecified atom stereocenters. The Morgan fingerprint density at radius 3 is 2.41 bits per heavy atom. The largest absolute Gasteiger partial charge is 0.321 e. The Morgan fingerprint density at radius 1 is 1.00 bits per heavy atom. The van der Waals surface area contributed by atoms with Gasteiger partial charge in [0.15, 0.2) is 5.82 Å². The van der Waals surface area contributed by atoms with Gasteiger partial charge in [0.05, 0.1) is 17.6 Å². The number of nitrogens with one attached hydrogen (secondary N) is 1. The van der Waals surface area contributed by atoms with Crippen LogP contribution in [0.4, 0.5) is 10.1 Å². The number of carbonyl (C=O) groups excluding carboxylic acids is 1.